The van der Waals surface area contributed by atoms with E-state index in [1.54, 1.807) is 0 Å². The molecule has 4 bridgehead atoms. The molecule has 5 heteroatoms. The molecule has 4 saturated heterocycles. The van der Waals surface area contributed by atoms with Crippen LogP contribution in [0.3, 0.4) is 0 Å². The molecule has 3 nitrogen and oxygen atoms in total. The quantitative estimate of drug-likeness (QED) is 0.640. The summed E-state index contributed by atoms with van der Waals surface area (Å²) in [6, 6.07) is 0. The van der Waals surface area contributed by atoms with E-state index in [0.29, 0.717) is 0 Å². The molecule has 0 N–H and O–H groups in total. The summed E-state index contributed by atoms with van der Waals surface area (Å²) in [6.45, 7) is 7.93. The predicted molar refractivity (Wildman–Crippen MR) is 62.0 cm³/mol. The number of halogens is 1. The van der Waals surface area contributed by atoms with Crippen LogP contribution in [0, 0.1) is 0 Å². The summed E-state index contributed by atoms with van der Waals surface area (Å²) in [7, 11) is 0. The molecule has 4 aliphatic heterocycles. The van der Waals surface area contributed by atoms with E-state index in [1.807, 2.05) is 13.8 Å². The second kappa shape index (κ2) is 2.62. The van der Waals surface area contributed by atoms with Crippen molar-refractivity contribution in [3.8, 4) is 0 Å². The lowest BCUT2D eigenvalue weighted by molar-refractivity contribution is -0.467. The van der Waals surface area contributed by atoms with Crippen molar-refractivity contribution in [2.24, 2.45) is 0 Å². The maximum atomic E-state index is 6.12. The van der Waals surface area contributed by atoms with E-state index < -0.39 is 18.2 Å². The Morgan fingerprint density at radius 1 is 0.867 bits per heavy atom. The Balaban J connectivity index is 2.12. The van der Waals surface area contributed by atoms with Crippen molar-refractivity contribution in [2.75, 3.05) is 0 Å². The molecular formula is C10H16BrO3P. The molecule has 4 heterocycles. The summed E-state index contributed by atoms with van der Waals surface area (Å²) in [5.74, 6) is -0.942. The third-order valence-electron chi connectivity index (χ3n) is 3.43. The molecule has 4 fully saturated rings. The van der Waals surface area contributed by atoms with Crippen LogP contribution in [-0.2, 0) is 14.2 Å². The van der Waals surface area contributed by atoms with Gasteiger partial charge in [0.15, 0.2) is 11.6 Å². The van der Waals surface area contributed by atoms with Crippen molar-refractivity contribution >= 4 is 22.1 Å². The van der Waals surface area contributed by atoms with E-state index in [-0.39, 0.29) is 10.7 Å². The fraction of sp³-hybridized carbons (Fsp3) is 1.00. The van der Waals surface area contributed by atoms with Crippen molar-refractivity contribution in [3.63, 3.8) is 0 Å². The first kappa shape index (κ1) is 10.9. The highest BCUT2D eigenvalue weighted by Crippen LogP contribution is 2.79. The SMILES string of the molecule is C[C@]12C[C@@]3(C)O[C@](C)(C[C@@](C)(O1)P3Br)O2. The molecule has 4 aliphatic rings. The Labute approximate surface area is 99.3 Å². The Morgan fingerprint density at radius 2 is 1.27 bits per heavy atom. The topological polar surface area (TPSA) is 27.7 Å². The number of ether oxygens (including phenoxy) is 3. The van der Waals surface area contributed by atoms with Gasteiger partial charge in [0.05, 0.1) is 0 Å². The lowest BCUT2D eigenvalue weighted by Gasteiger charge is -2.68. The lowest BCUT2D eigenvalue weighted by Crippen LogP contribution is -2.70. The van der Waals surface area contributed by atoms with Gasteiger partial charge in [0.1, 0.15) is 10.7 Å². The fourth-order valence-electron chi connectivity index (χ4n) is 3.56. The summed E-state index contributed by atoms with van der Waals surface area (Å²) in [4.78, 5) is 0. The van der Waals surface area contributed by atoms with Gasteiger partial charge < -0.3 is 14.2 Å². The van der Waals surface area contributed by atoms with Gasteiger partial charge in [0.25, 0.3) is 0 Å². The Bertz CT molecular complexity index is 291. The molecule has 0 unspecified atom stereocenters. The molecule has 15 heavy (non-hydrogen) atoms. The van der Waals surface area contributed by atoms with Crippen molar-refractivity contribution in [3.05, 3.63) is 0 Å². The molecular weight excluding hydrogens is 279 g/mol. The molecule has 0 spiro atoms. The van der Waals surface area contributed by atoms with Crippen LogP contribution in [-0.4, -0.2) is 22.3 Å². The largest absolute Gasteiger partial charge is 0.338 e. The van der Waals surface area contributed by atoms with Gasteiger partial charge >= 0.3 is 0 Å². The van der Waals surface area contributed by atoms with Gasteiger partial charge in [0.2, 0.25) is 0 Å². The minimum atomic E-state index is -0.471. The van der Waals surface area contributed by atoms with Gasteiger partial charge in [-0.25, -0.2) is 0 Å². The molecule has 4 rings (SSSR count). The highest BCUT2D eigenvalue weighted by molar-refractivity contribution is 9.39. The maximum absolute atomic E-state index is 6.12. The summed E-state index contributed by atoms with van der Waals surface area (Å²) in [6.07, 6.45) is 1.62. The van der Waals surface area contributed by atoms with Crippen LogP contribution in [0.4, 0.5) is 0 Å². The van der Waals surface area contributed by atoms with Gasteiger partial charge in [-0.15, -0.1) is 0 Å². The molecule has 0 aromatic rings. The van der Waals surface area contributed by atoms with Gasteiger partial charge in [0, 0.05) is 19.5 Å². The van der Waals surface area contributed by atoms with E-state index in [2.05, 4.69) is 29.3 Å². The average Bonchev–Trinajstić information content (AvgIpc) is 1.93. The summed E-state index contributed by atoms with van der Waals surface area (Å²) in [5, 5.41) is -0.245. The lowest BCUT2D eigenvalue weighted by atomic mass is 9.98. The van der Waals surface area contributed by atoms with Crippen LogP contribution in [0.5, 0.6) is 0 Å². The van der Waals surface area contributed by atoms with E-state index in [1.165, 1.54) is 0 Å². The van der Waals surface area contributed by atoms with Crippen LogP contribution < -0.4 is 0 Å². The Hall–Kier alpha value is 0.790. The third kappa shape index (κ3) is 1.32. The fourth-order valence-corrected chi connectivity index (χ4v) is 7.14. The van der Waals surface area contributed by atoms with Crippen LogP contribution >= 0.6 is 22.1 Å². The van der Waals surface area contributed by atoms with Crippen molar-refractivity contribution in [2.45, 2.75) is 62.8 Å². The first-order valence-electron chi connectivity index (χ1n) is 5.26. The monoisotopic (exact) mass is 294 g/mol. The van der Waals surface area contributed by atoms with E-state index in [9.17, 15) is 0 Å². The zero-order valence-electron chi connectivity index (χ0n) is 9.46. The highest BCUT2D eigenvalue weighted by Gasteiger charge is 2.70. The van der Waals surface area contributed by atoms with Gasteiger partial charge in [-0.3, -0.25) is 0 Å². The minimum absolute atomic E-state index is 0.123. The van der Waals surface area contributed by atoms with Crippen molar-refractivity contribution in [1.82, 2.24) is 0 Å². The third-order valence-corrected chi connectivity index (χ3v) is 10.1. The predicted octanol–water partition coefficient (Wildman–Crippen LogP) is 3.51. The Morgan fingerprint density at radius 3 is 1.67 bits per heavy atom. The summed E-state index contributed by atoms with van der Waals surface area (Å²) < 4.78 is 18.2. The van der Waals surface area contributed by atoms with E-state index >= 15 is 0 Å². The smallest absolute Gasteiger partial charge is 0.173 e. The molecule has 0 radical (unpaired) electrons. The van der Waals surface area contributed by atoms with Crippen LogP contribution in [0.2, 0.25) is 0 Å². The summed E-state index contributed by atoms with van der Waals surface area (Å²) >= 11 is 3.80. The van der Waals surface area contributed by atoms with Gasteiger partial charge in [-0.2, -0.15) is 0 Å². The van der Waals surface area contributed by atoms with Crippen LogP contribution in [0.1, 0.15) is 40.5 Å². The van der Waals surface area contributed by atoms with E-state index in [4.69, 9.17) is 14.2 Å². The van der Waals surface area contributed by atoms with Crippen LogP contribution in [0.25, 0.3) is 0 Å². The van der Waals surface area contributed by atoms with Crippen molar-refractivity contribution < 1.29 is 14.2 Å². The number of rotatable bonds is 0. The molecule has 86 valence electrons. The van der Waals surface area contributed by atoms with Crippen molar-refractivity contribution in [1.29, 1.82) is 0 Å². The molecule has 4 atom stereocenters. The van der Waals surface area contributed by atoms with E-state index in [0.717, 1.165) is 12.8 Å². The minimum Gasteiger partial charge on any atom is -0.338 e. The average molecular weight is 295 g/mol. The Kier molecular flexibility index (Phi) is 1.90. The normalized spacial score (nSPS) is 67.4. The maximum Gasteiger partial charge on any atom is 0.173 e. The molecule has 0 aliphatic carbocycles. The molecule has 0 aromatic carbocycles. The second-order valence-corrected chi connectivity index (χ2v) is 10.1. The second-order valence-electron chi connectivity index (χ2n) is 5.56. The number of hydrogen-bond donors (Lipinski definition) is 0. The highest BCUT2D eigenvalue weighted by atomic mass is 79.9. The molecule has 0 aromatic heterocycles. The molecule has 0 saturated carbocycles. The standard InChI is InChI=1S/C10H16BrO3P/c1-7-5-9(3)14-8(2,12-7)6-10(4,13-7)15(9)11/h5-6H2,1-4H3/t7-,8-,9+,10+/m1/s1. The van der Waals surface area contributed by atoms with Crippen LogP contribution in [0.15, 0.2) is 0 Å². The van der Waals surface area contributed by atoms with Gasteiger partial charge in [-0.1, -0.05) is 15.5 Å². The molecule has 0 amide bonds. The first-order valence-corrected chi connectivity index (χ1v) is 8.62. The van der Waals surface area contributed by atoms with Gasteiger partial charge in [-0.05, 0) is 27.7 Å². The number of hydrogen-bond acceptors (Lipinski definition) is 3. The summed E-state index contributed by atoms with van der Waals surface area (Å²) in [5.41, 5.74) is 0. The first-order chi connectivity index (χ1) is 6.69. The zero-order valence-corrected chi connectivity index (χ0v) is 11.9. The zero-order chi connectivity index (χ0) is 11.1.